The molecule has 0 aliphatic heterocycles. The standard InChI is InChI=1S/C20H19Cl2N5O2/c1-11-7-13(21)9-14(19(28)23-3)18(11)25-20(29)16-8-12(2)27(26-16)10-17-15(22)5-4-6-24-17/h4-9H,10H2,1-3H3,(H,23,28)(H,25,29). The fraction of sp³-hybridized carbons (Fsp3) is 0.200. The van der Waals surface area contributed by atoms with Gasteiger partial charge in [0.15, 0.2) is 5.69 Å². The van der Waals surface area contributed by atoms with Crippen LogP contribution < -0.4 is 10.6 Å². The number of halogens is 2. The van der Waals surface area contributed by atoms with Crippen LogP contribution >= 0.6 is 23.2 Å². The average Bonchev–Trinajstić information content (AvgIpc) is 3.05. The molecule has 2 amide bonds. The largest absolute Gasteiger partial charge is 0.355 e. The van der Waals surface area contributed by atoms with E-state index in [1.165, 1.54) is 13.1 Å². The van der Waals surface area contributed by atoms with Crippen molar-refractivity contribution >= 4 is 40.7 Å². The number of aryl methyl sites for hydroxylation is 2. The second kappa shape index (κ2) is 8.63. The minimum atomic E-state index is -0.436. The summed E-state index contributed by atoms with van der Waals surface area (Å²) in [5, 5.41) is 10.6. The van der Waals surface area contributed by atoms with Gasteiger partial charge in [-0.1, -0.05) is 23.2 Å². The Labute approximate surface area is 178 Å². The number of hydrogen-bond donors (Lipinski definition) is 2. The van der Waals surface area contributed by atoms with Gasteiger partial charge in [0.1, 0.15) is 0 Å². The van der Waals surface area contributed by atoms with Crippen molar-refractivity contribution in [1.29, 1.82) is 0 Å². The van der Waals surface area contributed by atoms with E-state index >= 15 is 0 Å². The SMILES string of the molecule is CNC(=O)c1cc(Cl)cc(C)c1NC(=O)c1cc(C)n(Cc2ncccc2Cl)n1. The molecule has 1 aromatic carbocycles. The molecule has 0 saturated carbocycles. The van der Waals surface area contributed by atoms with Crippen molar-refractivity contribution in [3.63, 3.8) is 0 Å². The third-order valence-electron chi connectivity index (χ3n) is 4.36. The summed E-state index contributed by atoms with van der Waals surface area (Å²) in [6.45, 7) is 3.94. The van der Waals surface area contributed by atoms with E-state index in [1.807, 2.05) is 6.92 Å². The van der Waals surface area contributed by atoms with Crippen LogP contribution in [0.15, 0.2) is 36.5 Å². The number of carbonyl (C=O) groups excluding carboxylic acids is 2. The molecule has 9 heteroatoms. The minimum Gasteiger partial charge on any atom is -0.355 e. The van der Waals surface area contributed by atoms with Crippen LogP contribution in [0.25, 0.3) is 0 Å². The van der Waals surface area contributed by atoms with E-state index in [1.54, 1.807) is 42.1 Å². The predicted molar refractivity (Wildman–Crippen MR) is 113 cm³/mol. The van der Waals surface area contributed by atoms with Crippen molar-refractivity contribution in [3.05, 3.63) is 74.8 Å². The van der Waals surface area contributed by atoms with Crippen LogP contribution in [-0.4, -0.2) is 33.6 Å². The van der Waals surface area contributed by atoms with E-state index in [4.69, 9.17) is 23.2 Å². The lowest BCUT2D eigenvalue weighted by molar-refractivity contribution is 0.0964. The van der Waals surface area contributed by atoms with E-state index in [-0.39, 0.29) is 17.2 Å². The Hall–Kier alpha value is -2.90. The second-order valence-corrected chi connectivity index (χ2v) is 7.28. The molecule has 0 saturated heterocycles. The summed E-state index contributed by atoms with van der Waals surface area (Å²) in [6, 6.07) is 8.35. The van der Waals surface area contributed by atoms with Gasteiger partial charge in [-0.05, 0) is 49.7 Å². The molecule has 150 valence electrons. The molecule has 2 aromatic heterocycles. The lowest BCUT2D eigenvalue weighted by Gasteiger charge is -2.13. The summed E-state index contributed by atoms with van der Waals surface area (Å²) < 4.78 is 1.65. The van der Waals surface area contributed by atoms with Crippen LogP contribution in [0.3, 0.4) is 0 Å². The summed E-state index contributed by atoms with van der Waals surface area (Å²) in [6.07, 6.45) is 1.65. The third-order valence-corrected chi connectivity index (χ3v) is 4.92. The van der Waals surface area contributed by atoms with Gasteiger partial charge >= 0.3 is 0 Å². The van der Waals surface area contributed by atoms with Crippen LogP contribution in [0.2, 0.25) is 10.0 Å². The van der Waals surface area contributed by atoms with Gasteiger partial charge in [-0.3, -0.25) is 19.3 Å². The molecule has 29 heavy (non-hydrogen) atoms. The van der Waals surface area contributed by atoms with Crippen molar-refractivity contribution in [3.8, 4) is 0 Å². The Balaban J connectivity index is 1.88. The van der Waals surface area contributed by atoms with E-state index < -0.39 is 5.91 Å². The molecule has 3 rings (SSSR count). The molecule has 0 radical (unpaired) electrons. The monoisotopic (exact) mass is 431 g/mol. The number of pyridine rings is 1. The molecule has 0 aliphatic rings. The zero-order valence-electron chi connectivity index (χ0n) is 16.1. The Morgan fingerprint density at radius 1 is 1.14 bits per heavy atom. The lowest BCUT2D eigenvalue weighted by Crippen LogP contribution is -2.22. The van der Waals surface area contributed by atoms with E-state index in [0.717, 1.165) is 5.69 Å². The number of amides is 2. The summed E-state index contributed by atoms with van der Waals surface area (Å²) in [4.78, 5) is 29.2. The number of anilines is 1. The highest BCUT2D eigenvalue weighted by molar-refractivity contribution is 6.31. The van der Waals surface area contributed by atoms with Gasteiger partial charge in [-0.15, -0.1) is 0 Å². The predicted octanol–water partition coefficient (Wildman–Crippen LogP) is 3.86. The van der Waals surface area contributed by atoms with Crippen molar-refractivity contribution in [2.45, 2.75) is 20.4 Å². The maximum absolute atomic E-state index is 12.8. The van der Waals surface area contributed by atoms with E-state index in [2.05, 4.69) is 20.7 Å². The zero-order valence-corrected chi connectivity index (χ0v) is 17.6. The molecule has 3 aromatic rings. The molecule has 0 aliphatic carbocycles. The van der Waals surface area contributed by atoms with Crippen LogP contribution in [-0.2, 0) is 6.54 Å². The highest BCUT2D eigenvalue weighted by atomic mass is 35.5. The Bertz CT molecular complexity index is 1090. The molecule has 2 N–H and O–H groups in total. The van der Waals surface area contributed by atoms with Gasteiger partial charge in [-0.2, -0.15) is 5.10 Å². The Morgan fingerprint density at radius 3 is 2.59 bits per heavy atom. The molecule has 0 atom stereocenters. The second-order valence-electron chi connectivity index (χ2n) is 6.44. The molecule has 0 bridgehead atoms. The van der Waals surface area contributed by atoms with Crippen molar-refractivity contribution in [2.75, 3.05) is 12.4 Å². The lowest BCUT2D eigenvalue weighted by atomic mass is 10.1. The fourth-order valence-electron chi connectivity index (χ4n) is 2.86. The highest BCUT2D eigenvalue weighted by Crippen LogP contribution is 2.26. The first-order valence-electron chi connectivity index (χ1n) is 8.77. The average molecular weight is 432 g/mol. The van der Waals surface area contributed by atoms with Crippen molar-refractivity contribution < 1.29 is 9.59 Å². The Morgan fingerprint density at radius 2 is 1.90 bits per heavy atom. The molecule has 0 spiro atoms. The normalized spacial score (nSPS) is 10.7. The van der Waals surface area contributed by atoms with Gasteiger partial charge in [0, 0.05) is 24.0 Å². The van der Waals surface area contributed by atoms with Crippen LogP contribution in [0.5, 0.6) is 0 Å². The van der Waals surface area contributed by atoms with Crippen molar-refractivity contribution in [2.24, 2.45) is 0 Å². The smallest absolute Gasteiger partial charge is 0.276 e. The Kier molecular flexibility index (Phi) is 6.20. The molecular formula is C20H19Cl2N5O2. The highest BCUT2D eigenvalue weighted by Gasteiger charge is 2.19. The number of rotatable bonds is 5. The van der Waals surface area contributed by atoms with Crippen LogP contribution in [0.1, 0.15) is 37.8 Å². The quantitative estimate of drug-likeness (QED) is 0.641. The number of carbonyl (C=O) groups is 2. The van der Waals surface area contributed by atoms with Gasteiger partial charge < -0.3 is 10.6 Å². The van der Waals surface area contributed by atoms with E-state index in [0.29, 0.717) is 33.5 Å². The maximum Gasteiger partial charge on any atom is 0.276 e. The maximum atomic E-state index is 12.8. The van der Waals surface area contributed by atoms with Crippen LogP contribution in [0, 0.1) is 13.8 Å². The first kappa shape index (κ1) is 20.8. The summed E-state index contributed by atoms with van der Waals surface area (Å²) in [5.74, 6) is -0.785. The number of aromatic nitrogens is 3. The molecule has 0 unspecified atom stereocenters. The minimum absolute atomic E-state index is 0.215. The number of nitrogens with zero attached hydrogens (tertiary/aromatic N) is 3. The summed E-state index contributed by atoms with van der Waals surface area (Å²) >= 11 is 12.2. The van der Waals surface area contributed by atoms with Crippen molar-refractivity contribution in [1.82, 2.24) is 20.1 Å². The third kappa shape index (κ3) is 4.58. The number of benzene rings is 1. The molecule has 2 heterocycles. The molecular weight excluding hydrogens is 413 g/mol. The summed E-state index contributed by atoms with van der Waals surface area (Å²) in [5.41, 5.74) is 2.98. The molecule has 7 nitrogen and oxygen atoms in total. The first-order chi connectivity index (χ1) is 13.8. The first-order valence-corrected chi connectivity index (χ1v) is 9.53. The summed E-state index contributed by atoms with van der Waals surface area (Å²) in [7, 11) is 1.51. The van der Waals surface area contributed by atoms with Gasteiger partial charge in [-0.25, -0.2) is 0 Å². The molecule has 0 fully saturated rings. The van der Waals surface area contributed by atoms with E-state index in [9.17, 15) is 9.59 Å². The number of hydrogen-bond acceptors (Lipinski definition) is 4. The van der Waals surface area contributed by atoms with Gasteiger partial charge in [0.2, 0.25) is 0 Å². The topological polar surface area (TPSA) is 88.9 Å². The van der Waals surface area contributed by atoms with Gasteiger partial charge in [0.05, 0.1) is 28.5 Å². The zero-order chi connectivity index (χ0) is 21.1. The van der Waals surface area contributed by atoms with Crippen LogP contribution in [0.4, 0.5) is 5.69 Å². The number of nitrogens with one attached hydrogen (secondary N) is 2. The fourth-order valence-corrected chi connectivity index (χ4v) is 3.31. The van der Waals surface area contributed by atoms with Gasteiger partial charge in [0.25, 0.3) is 11.8 Å².